The predicted octanol–water partition coefficient (Wildman–Crippen LogP) is 2.55. The molecule has 0 spiro atoms. The van der Waals surface area contributed by atoms with Gasteiger partial charge < -0.3 is 14.9 Å². The van der Waals surface area contributed by atoms with Crippen LogP contribution in [0.5, 0.6) is 5.75 Å². The molecule has 0 saturated heterocycles. The number of aliphatic hydroxyl groups excluding tert-OH is 2. The molecule has 2 rings (SSSR count). The Labute approximate surface area is 122 Å². The van der Waals surface area contributed by atoms with Gasteiger partial charge in [-0.05, 0) is 12.1 Å². The van der Waals surface area contributed by atoms with Gasteiger partial charge in [0.1, 0.15) is 12.4 Å². The van der Waals surface area contributed by atoms with E-state index in [1.54, 1.807) is 11.3 Å². The Kier molecular flexibility index (Phi) is 5.63. The highest BCUT2D eigenvalue weighted by Gasteiger charge is 2.03. The fraction of sp³-hybridized carbons (Fsp3) is 0.250. The lowest BCUT2D eigenvalue weighted by Crippen LogP contribution is -1.96. The van der Waals surface area contributed by atoms with E-state index < -0.39 is 0 Å². The average molecular weight is 288 g/mol. The Morgan fingerprint density at radius 2 is 2.05 bits per heavy atom. The number of benzene rings is 1. The maximum Gasteiger partial charge on any atom is 0.125 e. The number of ether oxygens (including phenoxy) is 1. The van der Waals surface area contributed by atoms with E-state index in [0.717, 1.165) is 16.0 Å². The molecule has 1 aromatic heterocycles. The molecule has 3 nitrogen and oxygen atoms in total. The van der Waals surface area contributed by atoms with Gasteiger partial charge in [-0.2, -0.15) is 0 Å². The van der Waals surface area contributed by atoms with E-state index in [1.807, 2.05) is 35.7 Å². The van der Waals surface area contributed by atoms with Gasteiger partial charge in [-0.3, -0.25) is 0 Å². The highest BCUT2D eigenvalue weighted by atomic mass is 32.1. The fourth-order valence-corrected chi connectivity index (χ4v) is 2.39. The van der Waals surface area contributed by atoms with Gasteiger partial charge in [0.2, 0.25) is 0 Å². The monoisotopic (exact) mass is 288 g/mol. The van der Waals surface area contributed by atoms with Crippen molar-refractivity contribution in [3.63, 3.8) is 0 Å². The first-order valence-electron chi connectivity index (χ1n) is 6.32. The molecule has 0 aliphatic heterocycles. The molecule has 1 aromatic carbocycles. The lowest BCUT2D eigenvalue weighted by Gasteiger charge is -2.08. The summed E-state index contributed by atoms with van der Waals surface area (Å²) in [5, 5.41) is 19.9. The molecule has 0 radical (unpaired) electrons. The smallest absolute Gasteiger partial charge is 0.125 e. The summed E-state index contributed by atoms with van der Waals surface area (Å²) in [6.07, 6.45) is 0.492. The highest BCUT2D eigenvalue weighted by molar-refractivity contribution is 7.10. The molecular weight excluding hydrogens is 272 g/mol. The van der Waals surface area contributed by atoms with Crippen LogP contribution in [0.3, 0.4) is 0 Å². The predicted molar refractivity (Wildman–Crippen MR) is 79.6 cm³/mol. The van der Waals surface area contributed by atoms with Crippen LogP contribution < -0.4 is 4.74 Å². The van der Waals surface area contributed by atoms with Crippen LogP contribution in [0, 0.1) is 11.8 Å². The van der Waals surface area contributed by atoms with E-state index in [-0.39, 0.29) is 13.2 Å². The van der Waals surface area contributed by atoms with E-state index in [1.165, 1.54) is 0 Å². The molecule has 104 valence electrons. The quantitative estimate of drug-likeness (QED) is 0.831. The molecule has 0 unspecified atom stereocenters. The third-order valence-corrected chi connectivity index (χ3v) is 3.55. The molecule has 0 fully saturated rings. The van der Waals surface area contributed by atoms with Crippen LogP contribution in [-0.4, -0.2) is 16.8 Å². The number of rotatable bonds is 5. The van der Waals surface area contributed by atoms with Gasteiger partial charge in [0.15, 0.2) is 0 Å². The average Bonchev–Trinajstić information content (AvgIpc) is 2.93. The van der Waals surface area contributed by atoms with Crippen molar-refractivity contribution in [3.05, 3.63) is 51.7 Å². The van der Waals surface area contributed by atoms with Crippen LogP contribution in [-0.2, 0) is 13.2 Å². The zero-order valence-electron chi connectivity index (χ0n) is 11.0. The van der Waals surface area contributed by atoms with E-state index >= 15 is 0 Å². The summed E-state index contributed by atoms with van der Waals surface area (Å²) in [4.78, 5) is 1.08. The van der Waals surface area contributed by atoms with Crippen LogP contribution in [0.4, 0.5) is 0 Å². The number of hydrogen-bond donors (Lipinski definition) is 2. The summed E-state index contributed by atoms with van der Waals surface area (Å²) in [6, 6.07) is 9.43. The number of aliphatic hydroxyl groups is 2. The lowest BCUT2D eigenvalue weighted by molar-refractivity contribution is 0.260. The molecule has 1 heterocycles. The van der Waals surface area contributed by atoms with E-state index in [4.69, 9.17) is 9.84 Å². The minimum atomic E-state index is -0.0293. The summed E-state index contributed by atoms with van der Waals surface area (Å²) in [7, 11) is 0. The normalized spacial score (nSPS) is 9.90. The van der Waals surface area contributed by atoms with Crippen molar-refractivity contribution in [2.75, 3.05) is 6.61 Å². The van der Waals surface area contributed by atoms with Gasteiger partial charge in [0.05, 0.1) is 13.2 Å². The number of thiophene rings is 1. The van der Waals surface area contributed by atoms with Gasteiger partial charge in [-0.25, -0.2) is 0 Å². The van der Waals surface area contributed by atoms with Crippen LogP contribution in [0.1, 0.15) is 22.4 Å². The first-order valence-corrected chi connectivity index (χ1v) is 7.20. The lowest BCUT2D eigenvalue weighted by atomic mass is 10.2. The van der Waals surface area contributed by atoms with Crippen LogP contribution >= 0.6 is 11.3 Å². The molecule has 2 aromatic rings. The molecule has 20 heavy (non-hydrogen) atoms. The van der Waals surface area contributed by atoms with Gasteiger partial charge >= 0.3 is 0 Å². The highest BCUT2D eigenvalue weighted by Crippen LogP contribution is 2.21. The first-order chi connectivity index (χ1) is 9.83. The molecule has 0 atom stereocenters. The minimum Gasteiger partial charge on any atom is -0.488 e. The standard InChI is InChI=1S/C16H16O3S/c17-8-4-3-5-13-9-15(20-12-13)11-19-16-7-2-1-6-14(16)10-18/h1-2,6-7,9,12,17-18H,4,8,10-11H2. The fourth-order valence-electron chi connectivity index (χ4n) is 1.67. The van der Waals surface area contributed by atoms with Crippen molar-refractivity contribution in [1.29, 1.82) is 0 Å². The second-order valence-electron chi connectivity index (χ2n) is 4.13. The second-order valence-corrected chi connectivity index (χ2v) is 5.13. The zero-order valence-corrected chi connectivity index (χ0v) is 11.8. The summed E-state index contributed by atoms with van der Waals surface area (Å²) < 4.78 is 5.72. The Morgan fingerprint density at radius 3 is 2.85 bits per heavy atom. The van der Waals surface area contributed by atoms with Crippen molar-refractivity contribution in [1.82, 2.24) is 0 Å². The van der Waals surface area contributed by atoms with Gasteiger partial charge in [-0.1, -0.05) is 30.0 Å². The molecule has 2 N–H and O–H groups in total. The van der Waals surface area contributed by atoms with Crippen molar-refractivity contribution in [2.24, 2.45) is 0 Å². The van der Waals surface area contributed by atoms with Gasteiger partial charge in [0.25, 0.3) is 0 Å². The summed E-state index contributed by atoms with van der Waals surface area (Å²) >= 11 is 1.59. The largest absolute Gasteiger partial charge is 0.488 e. The van der Waals surface area contributed by atoms with E-state index in [9.17, 15) is 5.11 Å². The SMILES string of the molecule is OCCC#Cc1csc(COc2ccccc2CO)c1. The van der Waals surface area contributed by atoms with Crippen molar-refractivity contribution in [2.45, 2.75) is 19.6 Å². The van der Waals surface area contributed by atoms with Crippen molar-refractivity contribution in [3.8, 4) is 17.6 Å². The molecule has 0 aliphatic carbocycles. The van der Waals surface area contributed by atoms with E-state index in [0.29, 0.717) is 18.8 Å². The van der Waals surface area contributed by atoms with Crippen LogP contribution in [0.25, 0.3) is 0 Å². The Hall–Kier alpha value is -1.80. The summed E-state index contributed by atoms with van der Waals surface area (Å²) in [5.74, 6) is 6.59. The molecule has 0 bridgehead atoms. The third kappa shape index (κ3) is 4.10. The Balaban J connectivity index is 1.96. The number of hydrogen-bond acceptors (Lipinski definition) is 4. The molecular formula is C16H16O3S. The summed E-state index contributed by atoms with van der Waals surface area (Å²) in [5.41, 5.74) is 1.73. The molecule has 0 saturated carbocycles. The second kappa shape index (κ2) is 7.71. The first kappa shape index (κ1) is 14.6. The molecule has 0 aliphatic rings. The summed E-state index contributed by atoms with van der Waals surface area (Å²) in [6.45, 7) is 0.521. The van der Waals surface area contributed by atoms with E-state index in [2.05, 4.69) is 11.8 Å². The topological polar surface area (TPSA) is 49.7 Å². The Morgan fingerprint density at radius 1 is 1.20 bits per heavy atom. The zero-order chi connectivity index (χ0) is 14.2. The van der Waals surface area contributed by atoms with Gasteiger partial charge in [-0.15, -0.1) is 11.3 Å². The molecule has 4 heteroatoms. The number of para-hydroxylation sites is 1. The van der Waals surface area contributed by atoms with Gasteiger partial charge in [0, 0.05) is 27.8 Å². The van der Waals surface area contributed by atoms with Crippen LogP contribution in [0.15, 0.2) is 35.7 Å². The molecule has 0 amide bonds. The maximum atomic E-state index is 9.22. The Bertz CT molecular complexity index is 607. The minimum absolute atomic E-state index is 0.0293. The van der Waals surface area contributed by atoms with Crippen molar-refractivity contribution < 1.29 is 14.9 Å². The van der Waals surface area contributed by atoms with Crippen molar-refractivity contribution >= 4 is 11.3 Å². The third-order valence-electron chi connectivity index (χ3n) is 2.64. The van der Waals surface area contributed by atoms with Crippen LogP contribution in [0.2, 0.25) is 0 Å². The maximum absolute atomic E-state index is 9.22.